The van der Waals surface area contributed by atoms with Crippen molar-refractivity contribution in [3.63, 3.8) is 0 Å². The maximum atomic E-state index is 7.99. The molecule has 3 nitrogen and oxygen atoms in total. The Kier molecular flexibility index (Phi) is 4.53. The molecule has 1 aromatic carbocycles. The molecule has 1 heterocycles. The quantitative estimate of drug-likeness (QED) is 0.811. The Morgan fingerprint density at radius 2 is 2.05 bits per heavy atom. The van der Waals surface area contributed by atoms with Gasteiger partial charge < -0.3 is 9.83 Å². The fourth-order valence-corrected chi connectivity index (χ4v) is 1.99. The minimum Gasteiger partial charge on any atom is -0.444 e. The molecule has 2 rings (SSSR count). The summed E-state index contributed by atoms with van der Waals surface area (Å²) in [5, 5.41) is 7.99. The van der Waals surface area contributed by atoms with Gasteiger partial charge >= 0.3 is 0 Å². The first kappa shape index (κ1) is 14.0. The minimum atomic E-state index is 0.299. The molecule has 100 valence electrons. The molecule has 1 N–H and O–H groups in total. The van der Waals surface area contributed by atoms with Crippen LogP contribution in [-0.2, 0) is 6.42 Å². The number of benzene rings is 1. The topological polar surface area (TPSA) is 49.9 Å². The Labute approximate surface area is 121 Å². The average Bonchev–Trinajstić information content (AvgIpc) is 2.87. The third kappa shape index (κ3) is 3.53. The molecular weight excluding hydrogens is 304 g/mol. The molecule has 0 bridgehead atoms. The lowest BCUT2D eigenvalue weighted by atomic mass is 9.99. The van der Waals surface area contributed by atoms with E-state index in [1.165, 1.54) is 0 Å². The van der Waals surface area contributed by atoms with Gasteiger partial charge in [0.2, 0.25) is 5.89 Å². The number of nitrogens with zero attached hydrogens (tertiary/aromatic N) is 1. The maximum Gasteiger partial charge on any atom is 0.226 e. The lowest BCUT2D eigenvalue weighted by Crippen LogP contribution is -2.11. The third-order valence-electron chi connectivity index (χ3n) is 3.22. The highest BCUT2D eigenvalue weighted by molar-refractivity contribution is 9.10. The number of oxazole rings is 1. The van der Waals surface area contributed by atoms with E-state index < -0.39 is 0 Å². The molecule has 0 saturated heterocycles. The van der Waals surface area contributed by atoms with Gasteiger partial charge in [-0.05, 0) is 36.6 Å². The van der Waals surface area contributed by atoms with Gasteiger partial charge in [0.1, 0.15) is 6.26 Å². The molecule has 1 unspecified atom stereocenters. The predicted molar refractivity (Wildman–Crippen MR) is 80.5 cm³/mol. The summed E-state index contributed by atoms with van der Waals surface area (Å²) in [6.45, 7) is 4.16. The Morgan fingerprint density at radius 1 is 1.37 bits per heavy atom. The van der Waals surface area contributed by atoms with E-state index >= 15 is 0 Å². The summed E-state index contributed by atoms with van der Waals surface area (Å²) in [4.78, 5) is 4.44. The van der Waals surface area contributed by atoms with Gasteiger partial charge in [0, 0.05) is 22.2 Å². The molecule has 0 spiro atoms. The number of hydrogen-bond donors (Lipinski definition) is 1. The Balaban J connectivity index is 2.11. The highest BCUT2D eigenvalue weighted by Crippen LogP contribution is 2.21. The monoisotopic (exact) mass is 320 g/mol. The molecule has 1 aromatic heterocycles. The Hall–Kier alpha value is -1.42. The van der Waals surface area contributed by atoms with Crippen LogP contribution in [0.5, 0.6) is 0 Å². The van der Waals surface area contributed by atoms with Crippen LogP contribution in [0.25, 0.3) is 11.5 Å². The van der Waals surface area contributed by atoms with Crippen molar-refractivity contribution in [3.8, 4) is 11.5 Å². The molecule has 1 atom stereocenters. The first-order chi connectivity index (χ1) is 9.10. The Bertz CT molecular complexity index is 560. The summed E-state index contributed by atoms with van der Waals surface area (Å²) in [5.41, 5.74) is 2.48. The summed E-state index contributed by atoms with van der Waals surface area (Å²) < 4.78 is 6.51. The molecule has 0 aliphatic carbocycles. The molecule has 0 amide bonds. The first-order valence-corrected chi connectivity index (χ1v) is 7.17. The molecule has 0 aliphatic heterocycles. The molecular formula is C15H17BrN2O. The maximum absolute atomic E-state index is 7.99. The smallest absolute Gasteiger partial charge is 0.226 e. The van der Waals surface area contributed by atoms with Crippen molar-refractivity contribution in [1.82, 2.24) is 4.98 Å². The highest BCUT2D eigenvalue weighted by atomic mass is 79.9. The van der Waals surface area contributed by atoms with E-state index in [1.54, 1.807) is 6.26 Å². The van der Waals surface area contributed by atoms with Crippen molar-refractivity contribution in [1.29, 1.82) is 5.41 Å². The second kappa shape index (κ2) is 6.15. The van der Waals surface area contributed by atoms with Crippen LogP contribution in [0.3, 0.4) is 0 Å². The van der Waals surface area contributed by atoms with Crippen LogP contribution < -0.4 is 0 Å². The van der Waals surface area contributed by atoms with Crippen LogP contribution in [0.4, 0.5) is 0 Å². The van der Waals surface area contributed by atoms with Gasteiger partial charge in [-0.3, -0.25) is 0 Å². The third-order valence-corrected chi connectivity index (χ3v) is 3.75. The van der Waals surface area contributed by atoms with Gasteiger partial charge in [-0.1, -0.05) is 29.8 Å². The lowest BCUT2D eigenvalue weighted by molar-refractivity contribution is 0.573. The molecule has 4 heteroatoms. The highest BCUT2D eigenvalue weighted by Gasteiger charge is 2.11. The number of aromatic nitrogens is 1. The van der Waals surface area contributed by atoms with E-state index in [2.05, 4.69) is 34.8 Å². The first-order valence-electron chi connectivity index (χ1n) is 6.37. The number of rotatable bonds is 5. The molecule has 0 fully saturated rings. The fourth-order valence-electron chi connectivity index (χ4n) is 1.73. The van der Waals surface area contributed by atoms with Crippen molar-refractivity contribution in [2.75, 3.05) is 0 Å². The standard InChI is InChI=1S/C15H17BrN2O/c1-3-10(2)14(17)8-13-9-19-15(18-13)11-4-6-12(16)7-5-11/h4-7,9-10,17H,3,8H2,1-2H3. The molecule has 19 heavy (non-hydrogen) atoms. The van der Waals surface area contributed by atoms with Gasteiger partial charge in [-0.15, -0.1) is 0 Å². The van der Waals surface area contributed by atoms with Crippen LogP contribution in [0.2, 0.25) is 0 Å². The zero-order valence-electron chi connectivity index (χ0n) is 11.1. The van der Waals surface area contributed by atoms with Crippen molar-refractivity contribution in [2.24, 2.45) is 5.92 Å². The summed E-state index contributed by atoms with van der Waals surface area (Å²) >= 11 is 3.40. The number of halogens is 1. The number of hydrogen-bond acceptors (Lipinski definition) is 3. The van der Waals surface area contributed by atoms with Gasteiger partial charge in [0.25, 0.3) is 0 Å². The normalized spacial score (nSPS) is 12.4. The van der Waals surface area contributed by atoms with Gasteiger partial charge in [0.05, 0.1) is 5.69 Å². The fraction of sp³-hybridized carbons (Fsp3) is 0.333. The van der Waals surface area contributed by atoms with Crippen molar-refractivity contribution < 1.29 is 4.42 Å². The summed E-state index contributed by atoms with van der Waals surface area (Å²) in [5.74, 6) is 0.910. The van der Waals surface area contributed by atoms with E-state index in [1.807, 2.05) is 24.3 Å². The van der Waals surface area contributed by atoms with Crippen molar-refractivity contribution in [3.05, 3.63) is 40.7 Å². The van der Waals surface area contributed by atoms with Crippen molar-refractivity contribution >= 4 is 21.6 Å². The van der Waals surface area contributed by atoms with Crippen LogP contribution in [0, 0.1) is 11.3 Å². The van der Waals surface area contributed by atoms with E-state index in [4.69, 9.17) is 9.83 Å². The second-order valence-corrected chi connectivity index (χ2v) is 5.58. The van der Waals surface area contributed by atoms with E-state index in [0.717, 1.165) is 22.2 Å². The summed E-state index contributed by atoms with van der Waals surface area (Å²) in [6.07, 6.45) is 3.19. The van der Waals surface area contributed by atoms with Crippen LogP contribution in [-0.4, -0.2) is 10.7 Å². The SMILES string of the molecule is CCC(C)C(=N)Cc1coc(-c2ccc(Br)cc2)n1. The predicted octanol–water partition coefficient (Wildman–Crippen LogP) is 4.71. The zero-order valence-corrected chi connectivity index (χ0v) is 12.7. The van der Waals surface area contributed by atoms with Gasteiger partial charge in [-0.25, -0.2) is 4.98 Å². The zero-order chi connectivity index (χ0) is 13.8. The molecule has 0 saturated carbocycles. The largest absolute Gasteiger partial charge is 0.444 e. The van der Waals surface area contributed by atoms with Gasteiger partial charge in [0.15, 0.2) is 0 Å². The lowest BCUT2D eigenvalue weighted by Gasteiger charge is -2.07. The Morgan fingerprint density at radius 3 is 2.68 bits per heavy atom. The van der Waals surface area contributed by atoms with Crippen LogP contribution in [0.1, 0.15) is 26.0 Å². The molecule has 2 aromatic rings. The summed E-state index contributed by atoms with van der Waals surface area (Å²) in [6, 6.07) is 7.83. The van der Waals surface area contributed by atoms with E-state index in [-0.39, 0.29) is 0 Å². The number of nitrogens with one attached hydrogen (secondary N) is 1. The second-order valence-electron chi connectivity index (χ2n) is 4.66. The van der Waals surface area contributed by atoms with E-state index in [9.17, 15) is 0 Å². The van der Waals surface area contributed by atoms with Gasteiger partial charge in [-0.2, -0.15) is 0 Å². The van der Waals surface area contributed by atoms with Crippen LogP contribution in [0.15, 0.2) is 39.4 Å². The average molecular weight is 321 g/mol. The van der Waals surface area contributed by atoms with Crippen LogP contribution >= 0.6 is 15.9 Å². The molecule has 0 aliphatic rings. The summed E-state index contributed by atoms with van der Waals surface area (Å²) in [7, 11) is 0. The molecule has 0 radical (unpaired) electrons. The minimum absolute atomic E-state index is 0.299. The van der Waals surface area contributed by atoms with Crippen molar-refractivity contribution in [2.45, 2.75) is 26.7 Å². The van der Waals surface area contributed by atoms with E-state index in [0.29, 0.717) is 23.9 Å².